The molecule has 0 spiro atoms. The van der Waals surface area contributed by atoms with Gasteiger partial charge in [0.05, 0.1) is 11.7 Å². The van der Waals surface area contributed by atoms with E-state index in [0.717, 1.165) is 37.8 Å². The first-order chi connectivity index (χ1) is 9.47. The van der Waals surface area contributed by atoms with Crippen molar-refractivity contribution >= 4 is 0 Å². The molecule has 1 aromatic rings. The summed E-state index contributed by atoms with van der Waals surface area (Å²) < 4.78 is 31.8. The normalized spacial score (nSPS) is 28.4. The fourth-order valence-corrected chi connectivity index (χ4v) is 3.24. The summed E-state index contributed by atoms with van der Waals surface area (Å²) in [5.41, 5.74) is 0.0220. The highest BCUT2D eigenvalue weighted by molar-refractivity contribution is 5.19. The number of benzene rings is 1. The lowest BCUT2D eigenvalue weighted by atomic mass is 9.74. The lowest BCUT2D eigenvalue weighted by molar-refractivity contribution is -0.131. The van der Waals surface area contributed by atoms with Gasteiger partial charge in [-0.3, -0.25) is 0 Å². The molecule has 1 N–H and O–H groups in total. The van der Waals surface area contributed by atoms with E-state index in [9.17, 15) is 13.9 Å². The molecule has 112 valence electrons. The largest absolute Gasteiger partial charge is 0.390 e. The van der Waals surface area contributed by atoms with Crippen molar-refractivity contribution in [3.63, 3.8) is 0 Å². The van der Waals surface area contributed by atoms with Crippen LogP contribution in [0.1, 0.15) is 38.2 Å². The number of aliphatic hydroxyl groups excluding tert-OH is 1. The molecular formula is C16H22F2O2. The Balaban J connectivity index is 2.12. The highest BCUT2D eigenvalue weighted by atomic mass is 19.2. The Labute approximate surface area is 118 Å². The summed E-state index contributed by atoms with van der Waals surface area (Å²) in [5.74, 6) is -1.24. The molecule has 0 aromatic heterocycles. The Morgan fingerprint density at radius 2 is 2.15 bits per heavy atom. The van der Waals surface area contributed by atoms with Gasteiger partial charge in [0, 0.05) is 13.5 Å². The van der Waals surface area contributed by atoms with E-state index in [0.29, 0.717) is 11.5 Å². The summed E-state index contributed by atoms with van der Waals surface area (Å²) in [4.78, 5) is 0. The monoisotopic (exact) mass is 284 g/mol. The lowest BCUT2D eigenvalue weighted by Crippen LogP contribution is -2.48. The number of aliphatic hydroxyl groups is 1. The minimum atomic E-state index is -0.877. The van der Waals surface area contributed by atoms with Crippen LogP contribution in [0.3, 0.4) is 0 Å². The average Bonchev–Trinajstić information content (AvgIpc) is 2.42. The van der Waals surface area contributed by atoms with Gasteiger partial charge in [-0.05, 0) is 36.5 Å². The summed E-state index contributed by atoms with van der Waals surface area (Å²) in [6.07, 6.45) is 3.33. The summed E-state index contributed by atoms with van der Waals surface area (Å²) in [6.45, 7) is 2.15. The molecule has 0 aliphatic heterocycles. The molecule has 1 aromatic carbocycles. The molecule has 0 bridgehead atoms. The predicted octanol–water partition coefficient (Wildman–Crippen LogP) is 3.46. The third-order valence-electron chi connectivity index (χ3n) is 4.42. The Morgan fingerprint density at radius 3 is 2.75 bits per heavy atom. The first kappa shape index (κ1) is 15.4. The topological polar surface area (TPSA) is 29.5 Å². The number of hydrogen-bond acceptors (Lipinski definition) is 2. The summed E-state index contributed by atoms with van der Waals surface area (Å²) >= 11 is 0. The van der Waals surface area contributed by atoms with Crippen molar-refractivity contribution in [1.82, 2.24) is 0 Å². The predicted molar refractivity (Wildman–Crippen MR) is 73.4 cm³/mol. The van der Waals surface area contributed by atoms with Crippen LogP contribution >= 0.6 is 0 Å². The van der Waals surface area contributed by atoms with E-state index in [1.807, 2.05) is 0 Å². The van der Waals surface area contributed by atoms with E-state index in [1.54, 1.807) is 7.11 Å². The Kier molecular flexibility index (Phi) is 4.76. The molecule has 2 nitrogen and oxygen atoms in total. The van der Waals surface area contributed by atoms with E-state index in [1.165, 1.54) is 6.07 Å². The Hall–Kier alpha value is -1.00. The van der Waals surface area contributed by atoms with Gasteiger partial charge in [0.15, 0.2) is 11.6 Å². The van der Waals surface area contributed by atoms with Gasteiger partial charge in [-0.25, -0.2) is 8.78 Å². The first-order valence-corrected chi connectivity index (χ1v) is 7.14. The zero-order valence-electron chi connectivity index (χ0n) is 12.0. The van der Waals surface area contributed by atoms with Crippen molar-refractivity contribution in [1.29, 1.82) is 0 Å². The van der Waals surface area contributed by atoms with Crippen molar-refractivity contribution < 1.29 is 18.6 Å². The van der Waals surface area contributed by atoms with E-state index < -0.39 is 23.3 Å². The van der Waals surface area contributed by atoms with Crippen molar-refractivity contribution in [2.75, 3.05) is 7.11 Å². The van der Waals surface area contributed by atoms with Crippen molar-refractivity contribution in [3.8, 4) is 0 Å². The smallest absolute Gasteiger partial charge is 0.159 e. The van der Waals surface area contributed by atoms with Gasteiger partial charge in [-0.2, -0.15) is 0 Å². The Morgan fingerprint density at radius 1 is 1.40 bits per heavy atom. The van der Waals surface area contributed by atoms with E-state index in [2.05, 4.69) is 6.92 Å². The van der Waals surface area contributed by atoms with Crippen molar-refractivity contribution in [3.05, 3.63) is 35.4 Å². The maximum Gasteiger partial charge on any atom is 0.159 e. The summed E-state index contributed by atoms with van der Waals surface area (Å²) in [5, 5.41) is 10.5. The number of methoxy groups -OCH3 is 1. The molecule has 1 fully saturated rings. The number of halogens is 2. The molecule has 0 radical (unpaired) electrons. The molecule has 1 aliphatic rings. The minimum Gasteiger partial charge on any atom is -0.390 e. The third-order valence-corrected chi connectivity index (χ3v) is 4.42. The van der Waals surface area contributed by atoms with E-state index in [4.69, 9.17) is 4.74 Å². The van der Waals surface area contributed by atoms with Crippen LogP contribution < -0.4 is 0 Å². The van der Waals surface area contributed by atoms with Crippen LogP contribution in [0.15, 0.2) is 18.2 Å². The average molecular weight is 284 g/mol. The zero-order valence-corrected chi connectivity index (χ0v) is 12.0. The summed E-state index contributed by atoms with van der Waals surface area (Å²) in [7, 11) is 1.62. The van der Waals surface area contributed by atoms with Gasteiger partial charge in [-0.1, -0.05) is 25.8 Å². The standard InChI is InChI=1S/C16H22F2O2/c1-11-4-3-7-16(10-11,20-2)15(19)9-12-5-6-13(17)14(18)8-12/h5-6,8,11,15,19H,3-4,7,9-10H2,1-2H3. The van der Waals surface area contributed by atoms with E-state index >= 15 is 0 Å². The van der Waals surface area contributed by atoms with E-state index in [-0.39, 0.29) is 6.42 Å². The molecule has 0 saturated heterocycles. The summed E-state index contributed by atoms with van der Waals surface area (Å²) in [6, 6.07) is 3.76. The van der Waals surface area contributed by atoms with Crippen LogP contribution in [-0.4, -0.2) is 23.9 Å². The van der Waals surface area contributed by atoms with Gasteiger partial charge in [-0.15, -0.1) is 0 Å². The zero-order chi connectivity index (χ0) is 14.8. The minimum absolute atomic E-state index is 0.276. The molecule has 1 saturated carbocycles. The maximum absolute atomic E-state index is 13.2. The second-order valence-electron chi connectivity index (χ2n) is 5.94. The van der Waals surface area contributed by atoms with Gasteiger partial charge in [0.2, 0.25) is 0 Å². The van der Waals surface area contributed by atoms with Gasteiger partial charge >= 0.3 is 0 Å². The SMILES string of the molecule is COC1(C(O)Cc2ccc(F)c(F)c2)CCCC(C)C1. The number of hydrogen-bond donors (Lipinski definition) is 1. The molecule has 0 heterocycles. The molecule has 3 unspecified atom stereocenters. The highest BCUT2D eigenvalue weighted by Gasteiger charge is 2.41. The van der Waals surface area contributed by atoms with Crippen LogP contribution in [0.5, 0.6) is 0 Å². The number of rotatable bonds is 4. The number of ether oxygens (including phenoxy) is 1. The van der Waals surface area contributed by atoms with Gasteiger partial charge in [0.25, 0.3) is 0 Å². The molecule has 0 amide bonds. The van der Waals surface area contributed by atoms with Gasteiger partial charge in [0.1, 0.15) is 0 Å². The van der Waals surface area contributed by atoms with Crippen LogP contribution in [0.4, 0.5) is 8.78 Å². The molecule has 2 rings (SSSR count). The Bertz CT molecular complexity index is 464. The molecule has 3 atom stereocenters. The molecule has 1 aliphatic carbocycles. The second-order valence-corrected chi connectivity index (χ2v) is 5.94. The quantitative estimate of drug-likeness (QED) is 0.917. The van der Waals surface area contributed by atoms with Crippen LogP contribution in [0, 0.1) is 17.6 Å². The molecular weight excluding hydrogens is 262 g/mol. The van der Waals surface area contributed by atoms with Crippen molar-refractivity contribution in [2.45, 2.75) is 50.7 Å². The highest BCUT2D eigenvalue weighted by Crippen LogP contribution is 2.38. The fourth-order valence-electron chi connectivity index (χ4n) is 3.24. The molecule has 20 heavy (non-hydrogen) atoms. The first-order valence-electron chi connectivity index (χ1n) is 7.14. The lowest BCUT2D eigenvalue weighted by Gasteiger charge is -2.42. The second kappa shape index (κ2) is 6.19. The van der Waals surface area contributed by atoms with Crippen LogP contribution in [-0.2, 0) is 11.2 Å². The maximum atomic E-state index is 13.2. The van der Waals surface area contributed by atoms with Crippen LogP contribution in [0.25, 0.3) is 0 Å². The fraction of sp³-hybridized carbons (Fsp3) is 0.625. The van der Waals surface area contributed by atoms with Crippen molar-refractivity contribution in [2.24, 2.45) is 5.92 Å². The third kappa shape index (κ3) is 3.18. The van der Waals surface area contributed by atoms with Gasteiger partial charge < -0.3 is 9.84 Å². The molecule has 4 heteroatoms. The van der Waals surface area contributed by atoms with Crippen LogP contribution in [0.2, 0.25) is 0 Å².